The molecule has 0 aromatic carbocycles. The topological polar surface area (TPSA) is 40.5 Å². The second kappa shape index (κ2) is 3.48. The number of aliphatic carboxylic acids is 1. The van der Waals surface area contributed by atoms with Gasteiger partial charge in [0.05, 0.1) is 5.92 Å². The van der Waals surface area contributed by atoms with E-state index in [2.05, 4.69) is 25.8 Å². The van der Waals surface area contributed by atoms with Gasteiger partial charge in [-0.15, -0.1) is 0 Å². The molecule has 2 fully saturated rings. The molecule has 1 heterocycles. The normalized spacial score (nSPS) is 40.1. The average Bonchev–Trinajstić information content (AvgIpc) is 2.70. The summed E-state index contributed by atoms with van der Waals surface area (Å²) in [6.45, 7) is 5.32. The molecule has 1 aliphatic heterocycles. The number of piperidine rings is 1. The minimum Gasteiger partial charge on any atom is -0.481 e. The molecule has 3 unspecified atom stereocenters. The van der Waals surface area contributed by atoms with Crippen molar-refractivity contribution >= 4 is 5.97 Å². The van der Waals surface area contributed by atoms with Crippen molar-refractivity contribution in [3.63, 3.8) is 0 Å². The number of hydrogen-bond donors (Lipinski definition) is 1. The van der Waals surface area contributed by atoms with Gasteiger partial charge in [-0.2, -0.15) is 0 Å². The van der Waals surface area contributed by atoms with E-state index in [0.717, 1.165) is 6.54 Å². The molecule has 0 radical (unpaired) electrons. The summed E-state index contributed by atoms with van der Waals surface area (Å²) in [5.41, 5.74) is 0.00208. The van der Waals surface area contributed by atoms with Crippen molar-refractivity contribution in [2.45, 2.75) is 39.2 Å². The molecular weight excluding hydrogens is 190 g/mol. The van der Waals surface area contributed by atoms with Crippen LogP contribution in [-0.2, 0) is 4.79 Å². The molecule has 1 saturated carbocycles. The van der Waals surface area contributed by atoms with Crippen LogP contribution in [0.3, 0.4) is 0 Å². The van der Waals surface area contributed by atoms with E-state index >= 15 is 0 Å². The highest BCUT2D eigenvalue weighted by Crippen LogP contribution is 2.61. The lowest BCUT2D eigenvalue weighted by atomic mass is 9.94. The Morgan fingerprint density at radius 2 is 2.07 bits per heavy atom. The molecule has 0 bridgehead atoms. The van der Waals surface area contributed by atoms with Crippen LogP contribution in [0.15, 0.2) is 0 Å². The number of carboxylic acid groups (broad SMARTS) is 1. The maximum atomic E-state index is 11.1. The van der Waals surface area contributed by atoms with Crippen molar-refractivity contribution in [2.24, 2.45) is 17.3 Å². The van der Waals surface area contributed by atoms with Crippen LogP contribution in [-0.4, -0.2) is 35.6 Å². The van der Waals surface area contributed by atoms with Gasteiger partial charge in [0.15, 0.2) is 0 Å². The second-order valence-corrected chi connectivity index (χ2v) is 5.71. The lowest BCUT2D eigenvalue weighted by Gasteiger charge is -2.33. The summed E-state index contributed by atoms with van der Waals surface area (Å²) in [4.78, 5) is 13.5. The zero-order valence-corrected chi connectivity index (χ0v) is 9.86. The third-order valence-electron chi connectivity index (χ3n) is 4.42. The Kier molecular flexibility index (Phi) is 2.53. The zero-order chi connectivity index (χ0) is 11.2. The molecule has 0 spiro atoms. The van der Waals surface area contributed by atoms with Gasteiger partial charge in [0, 0.05) is 6.04 Å². The molecule has 2 aliphatic rings. The van der Waals surface area contributed by atoms with E-state index in [1.54, 1.807) is 0 Å². The minimum atomic E-state index is -0.607. The third-order valence-corrected chi connectivity index (χ3v) is 4.42. The molecule has 1 saturated heterocycles. The van der Waals surface area contributed by atoms with Gasteiger partial charge in [0.2, 0.25) is 0 Å². The van der Waals surface area contributed by atoms with Crippen LogP contribution in [0.1, 0.15) is 33.1 Å². The molecule has 2 rings (SSSR count). The fourth-order valence-electron chi connectivity index (χ4n) is 3.42. The average molecular weight is 211 g/mol. The Bertz CT molecular complexity index is 275. The number of nitrogens with zero attached hydrogens (tertiary/aromatic N) is 1. The Morgan fingerprint density at radius 1 is 1.40 bits per heavy atom. The first kappa shape index (κ1) is 10.9. The fourth-order valence-corrected chi connectivity index (χ4v) is 3.42. The van der Waals surface area contributed by atoms with E-state index in [0.29, 0.717) is 12.0 Å². The molecule has 1 aliphatic carbocycles. The number of rotatable bonds is 2. The molecule has 0 aromatic rings. The van der Waals surface area contributed by atoms with Gasteiger partial charge < -0.3 is 10.0 Å². The van der Waals surface area contributed by atoms with Crippen molar-refractivity contribution in [3.8, 4) is 0 Å². The maximum Gasteiger partial charge on any atom is 0.307 e. The first-order valence-corrected chi connectivity index (χ1v) is 5.89. The summed E-state index contributed by atoms with van der Waals surface area (Å²) in [5, 5.41) is 9.16. The second-order valence-electron chi connectivity index (χ2n) is 5.71. The van der Waals surface area contributed by atoms with Crippen LogP contribution in [0.4, 0.5) is 0 Å². The Labute approximate surface area is 91.5 Å². The van der Waals surface area contributed by atoms with Crippen LogP contribution in [0.25, 0.3) is 0 Å². The molecular formula is C12H21NO2. The van der Waals surface area contributed by atoms with E-state index in [-0.39, 0.29) is 11.3 Å². The van der Waals surface area contributed by atoms with Crippen LogP contribution < -0.4 is 0 Å². The smallest absolute Gasteiger partial charge is 0.307 e. The summed E-state index contributed by atoms with van der Waals surface area (Å²) < 4.78 is 0. The number of carboxylic acids is 1. The lowest BCUT2D eigenvalue weighted by Crippen LogP contribution is -2.39. The fraction of sp³-hybridized carbons (Fsp3) is 0.917. The molecule has 3 nitrogen and oxygen atoms in total. The van der Waals surface area contributed by atoms with Gasteiger partial charge in [-0.1, -0.05) is 20.3 Å². The summed E-state index contributed by atoms with van der Waals surface area (Å²) in [7, 11) is 2.14. The van der Waals surface area contributed by atoms with Gasteiger partial charge >= 0.3 is 5.97 Å². The molecule has 86 valence electrons. The Balaban J connectivity index is 2.08. The standard InChI is InChI=1S/C12H21NO2/c1-12(2)9(10(12)11(14)15)8-6-4-5-7-13(8)3/h8-10H,4-7H2,1-3H3,(H,14,15). The quantitative estimate of drug-likeness (QED) is 0.757. The minimum absolute atomic E-state index is 0.00208. The first-order valence-electron chi connectivity index (χ1n) is 5.89. The van der Waals surface area contributed by atoms with Gasteiger partial charge in [-0.05, 0) is 37.8 Å². The summed E-state index contributed by atoms with van der Waals surface area (Å²) in [6.07, 6.45) is 3.69. The first-order chi connectivity index (χ1) is 6.96. The molecule has 15 heavy (non-hydrogen) atoms. The predicted octanol–water partition coefficient (Wildman–Crippen LogP) is 1.83. The summed E-state index contributed by atoms with van der Waals surface area (Å²) >= 11 is 0. The summed E-state index contributed by atoms with van der Waals surface area (Å²) in [5.74, 6) is -0.368. The molecule has 1 N–H and O–H groups in total. The molecule has 0 aromatic heterocycles. The Morgan fingerprint density at radius 3 is 2.53 bits per heavy atom. The van der Waals surface area contributed by atoms with Crippen LogP contribution >= 0.6 is 0 Å². The number of carbonyl (C=O) groups is 1. The van der Waals surface area contributed by atoms with Gasteiger partial charge in [-0.3, -0.25) is 4.79 Å². The van der Waals surface area contributed by atoms with Crippen LogP contribution in [0.2, 0.25) is 0 Å². The van der Waals surface area contributed by atoms with Gasteiger partial charge in [0.1, 0.15) is 0 Å². The SMILES string of the molecule is CN1CCCCC1C1C(C(=O)O)C1(C)C. The van der Waals surface area contributed by atoms with Crippen molar-refractivity contribution in [3.05, 3.63) is 0 Å². The maximum absolute atomic E-state index is 11.1. The largest absolute Gasteiger partial charge is 0.481 e. The van der Waals surface area contributed by atoms with E-state index in [1.165, 1.54) is 19.3 Å². The summed E-state index contributed by atoms with van der Waals surface area (Å²) in [6, 6.07) is 0.495. The van der Waals surface area contributed by atoms with Crippen molar-refractivity contribution in [2.75, 3.05) is 13.6 Å². The van der Waals surface area contributed by atoms with Crippen molar-refractivity contribution in [1.29, 1.82) is 0 Å². The molecule has 3 atom stereocenters. The van der Waals surface area contributed by atoms with E-state index in [4.69, 9.17) is 5.11 Å². The van der Waals surface area contributed by atoms with Crippen molar-refractivity contribution in [1.82, 2.24) is 4.90 Å². The number of likely N-dealkylation sites (tertiary alicyclic amines) is 1. The molecule has 0 amide bonds. The Hall–Kier alpha value is -0.570. The van der Waals surface area contributed by atoms with E-state index in [1.807, 2.05) is 0 Å². The van der Waals surface area contributed by atoms with Gasteiger partial charge in [-0.25, -0.2) is 0 Å². The monoisotopic (exact) mass is 211 g/mol. The third kappa shape index (κ3) is 1.67. The molecule has 3 heteroatoms. The van der Waals surface area contributed by atoms with Gasteiger partial charge in [0.25, 0.3) is 0 Å². The highest BCUT2D eigenvalue weighted by molar-refractivity contribution is 5.75. The van der Waals surface area contributed by atoms with Crippen LogP contribution in [0.5, 0.6) is 0 Å². The van der Waals surface area contributed by atoms with E-state index in [9.17, 15) is 4.79 Å². The zero-order valence-electron chi connectivity index (χ0n) is 9.86. The van der Waals surface area contributed by atoms with Crippen LogP contribution in [0, 0.1) is 17.3 Å². The number of hydrogen-bond acceptors (Lipinski definition) is 2. The van der Waals surface area contributed by atoms with Crippen molar-refractivity contribution < 1.29 is 9.90 Å². The lowest BCUT2D eigenvalue weighted by molar-refractivity contribution is -0.139. The highest BCUT2D eigenvalue weighted by Gasteiger charge is 2.65. The highest BCUT2D eigenvalue weighted by atomic mass is 16.4. The van der Waals surface area contributed by atoms with E-state index < -0.39 is 5.97 Å². The predicted molar refractivity (Wildman–Crippen MR) is 58.7 cm³/mol.